The van der Waals surface area contributed by atoms with Crippen LogP contribution in [0, 0.1) is 0 Å². The number of carbonyl (C=O) groups excluding carboxylic acids is 5. The molecule has 0 radical (unpaired) electrons. The minimum atomic E-state index is -1.03. The Morgan fingerprint density at radius 2 is 1.26 bits per heavy atom. The summed E-state index contributed by atoms with van der Waals surface area (Å²) in [6.07, 6.45) is 15.7. The summed E-state index contributed by atoms with van der Waals surface area (Å²) in [4.78, 5) is 65.4. The van der Waals surface area contributed by atoms with Crippen molar-refractivity contribution in [1.82, 2.24) is 10.4 Å². The molecule has 1 aliphatic heterocycles. The molecule has 0 bridgehead atoms. The number of hydroxylamine groups is 2. The molecule has 1 N–H and O–H groups in total. The molecular formula is C29H50N2O7. The lowest BCUT2D eigenvalue weighted by Gasteiger charge is -2.24. The van der Waals surface area contributed by atoms with Crippen LogP contribution < -0.4 is 5.32 Å². The van der Waals surface area contributed by atoms with Crippen LogP contribution in [0.1, 0.15) is 143 Å². The van der Waals surface area contributed by atoms with Gasteiger partial charge in [0.05, 0.1) is 6.42 Å². The summed E-state index contributed by atoms with van der Waals surface area (Å²) >= 11 is 0. The Balaban J connectivity index is 2.31. The summed E-state index contributed by atoms with van der Waals surface area (Å²) in [5.74, 6) is -2.89. The molecule has 0 unspecified atom stereocenters. The highest BCUT2D eigenvalue weighted by Gasteiger charge is 2.33. The first-order chi connectivity index (χ1) is 18.0. The summed E-state index contributed by atoms with van der Waals surface area (Å²) in [6, 6.07) is -1.03. The van der Waals surface area contributed by atoms with Crippen LogP contribution in [-0.4, -0.2) is 46.4 Å². The van der Waals surface area contributed by atoms with E-state index in [1.54, 1.807) is 20.8 Å². The summed E-state index contributed by atoms with van der Waals surface area (Å²) in [5, 5.41) is 3.15. The average molecular weight is 539 g/mol. The Bertz CT molecular complexity index is 745. The van der Waals surface area contributed by atoms with Gasteiger partial charge in [-0.3, -0.25) is 14.4 Å². The van der Waals surface area contributed by atoms with Crippen LogP contribution in [0.3, 0.4) is 0 Å². The number of rotatable bonds is 20. The standard InChI is InChI=1S/C29H50N2O7/c1-5-6-7-8-9-10-11-12-13-14-15-16-17-18-24(32)30-23(28(36)37-29(2,3)4)19-22-27(35)38-31-25(33)20-21-26(31)34/h23H,5-22H2,1-4H3,(H,30,32)/t23-/m0/s1. The van der Waals surface area contributed by atoms with Crippen molar-refractivity contribution in [1.29, 1.82) is 0 Å². The topological polar surface area (TPSA) is 119 Å². The van der Waals surface area contributed by atoms with Crippen molar-refractivity contribution in [2.24, 2.45) is 0 Å². The molecular weight excluding hydrogens is 488 g/mol. The third-order valence-corrected chi connectivity index (χ3v) is 6.37. The van der Waals surface area contributed by atoms with Crippen LogP contribution in [0.5, 0.6) is 0 Å². The Labute approximate surface area is 228 Å². The smallest absolute Gasteiger partial charge is 0.333 e. The van der Waals surface area contributed by atoms with E-state index in [9.17, 15) is 24.0 Å². The van der Waals surface area contributed by atoms with Crippen molar-refractivity contribution in [3.63, 3.8) is 0 Å². The van der Waals surface area contributed by atoms with E-state index in [-0.39, 0.29) is 38.0 Å². The molecule has 0 aromatic rings. The molecule has 0 aromatic heterocycles. The minimum absolute atomic E-state index is 0.00188. The van der Waals surface area contributed by atoms with Crippen molar-refractivity contribution >= 4 is 29.7 Å². The zero-order valence-electron chi connectivity index (χ0n) is 24.1. The monoisotopic (exact) mass is 538 g/mol. The molecule has 0 saturated carbocycles. The Kier molecular flexibility index (Phi) is 16.6. The minimum Gasteiger partial charge on any atom is -0.458 e. The van der Waals surface area contributed by atoms with Crippen molar-refractivity contribution in [3.8, 4) is 0 Å². The fourth-order valence-electron chi connectivity index (χ4n) is 4.26. The van der Waals surface area contributed by atoms with E-state index in [0.29, 0.717) is 5.06 Å². The van der Waals surface area contributed by atoms with Gasteiger partial charge in [0.15, 0.2) is 0 Å². The lowest BCUT2D eigenvalue weighted by Crippen LogP contribution is -2.44. The van der Waals surface area contributed by atoms with Crippen LogP contribution in [0.2, 0.25) is 0 Å². The fraction of sp³-hybridized carbons (Fsp3) is 0.828. The maximum atomic E-state index is 12.6. The number of amides is 3. The van der Waals surface area contributed by atoms with Gasteiger partial charge in [-0.2, -0.15) is 0 Å². The lowest BCUT2D eigenvalue weighted by molar-refractivity contribution is -0.197. The van der Waals surface area contributed by atoms with Crippen molar-refractivity contribution in [2.45, 2.75) is 155 Å². The summed E-state index contributed by atoms with van der Waals surface area (Å²) in [6.45, 7) is 7.39. The van der Waals surface area contributed by atoms with Gasteiger partial charge in [-0.1, -0.05) is 84.0 Å². The van der Waals surface area contributed by atoms with Gasteiger partial charge < -0.3 is 14.9 Å². The highest BCUT2D eigenvalue weighted by molar-refractivity contribution is 6.01. The summed E-state index contributed by atoms with van der Waals surface area (Å²) < 4.78 is 5.40. The fourth-order valence-corrected chi connectivity index (χ4v) is 4.26. The number of nitrogens with one attached hydrogen (secondary N) is 1. The second-order valence-corrected chi connectivity index (χ2v) is 11.2. The van der Waals surface area contributed by atoms with Crippen molar-refractivity contribution in [3.05, 3.63) is 0 Å². The number of hydrogen-bond acceptors (Lipinski definition) is 7. The third kappa shape index (κ3) is 15.7. The highest BCUT2D eigenvalue weighted by Crippen LogP contribution is 2.16. The third-order valence-electron chi connectivity index (χ3n) is 6.37. The Morgan fingerprint density at radius 1 is 0.789 bits per heavy atom. The quantitative estimate of drug-likeness (QED) is 0.120. The maximum Gasteiger partial charge on any atom is 0.333 e. The van der Waals surface area contributed by atoms with Gasteiger partial charge in [-0.15, -0.1) is 5.06 Å². The van der Waals surface area contributed by atoms with E-state index >= 15 is 0 Å². The number of esters is 1. The zero-order chi connectivity index (χ0) is 28.4. The van der Waals surface area contributed by atoms with E-state index < -0.39 is 35.4 Å². The largest absolute Gasteiger partial charge is 0.458 e. The van der Waals surface area contributed by atoms with Crippen LogP contribution in [0.4, 0.5) is 0 Å². The normalized spacial score (nSPS) is 14.5. The molecule has 9 nitrogen and oxygen atoms in total. The first-order valence-corrected chi connectivity index (χ1v) is 14.6. The molecule has 1 fully saturated rings. The molecule has 9 heteroatoms. The van der Waals surface area contributed by atoms with Gasteiger partial charge in [0.2, 0.25) is 5.91 Å². The SMILES string of the molecule is CCCCCCCCCCCCCCCC(=O)N[C@@H](CCC(=O)ON1C(=O)CCC1=O)C(=O)OC(C)(C)C. The predicted molar refractivity (Wildman–Crippen MR) is 145 cm³/mol. The molecule has 218 valence electrons. The van der Waals surface area contributed by atoms with Gasteiger partial charge in [-0.05, 0) is 33.6 Å². The summed E-state index contributed by atoms with van der Waals surface area (Å²) in [5.41, 5.74) is -0.760. The van der Waals surface area contributed by atoms with Crippen LogP contribution in [-0.2, 0) is 33.5 Å². The molecule has 1 heterocycles. The number of hydrogen-bond donors (Lipinski definition) is 1. The van der Waals surface area contributed by atoms with E-state index in [2.05, 4.69) is 12.2 Å². The maximum absolute atomic E-state index is 12.6. The lowest BCUT2D eigenvalue weighted by atomic mass is 10.0. The van der Waals surface area contributed by atoms with Gasteiger partial charge in [0.25, 0.3) is 11.8 Å². The van der Waals surface area contributed by atoms with Crippen molar-refractivity contribution < 1.29 is 33.5 Å². The van der Waals surface area contributed by atoms with Crippen LogP contribution in [0.15, 0.2) is 0 Å². The molecule has 1 aliphatic rings. The first-order valence-electron chi connectivity index (χ1n) is 14.6. The second-order valence-electron chi connectivity index (χ2n) is 11.2. The molecule has 0 aliphatic carbocycles. The van der Waals surface area contributed by atoms with Gasteiger partial charge in [-0.25, -0.2) is 9.59 Å². The van der Waals surface area contributed by atoms with Crippen molar-refractivity contribution in [2.75, 3.05) is 0 Å². The molecule has 1 saturated heterocycles. The highest BCUT2D eigenvalue weighted by atomic mass is 16.7. The van der Waals surface area contributed by atoms with E-state index in [4.69, 9.17) is 9.57 Å². The molecule has 1 atom stereocenters. The Morgan fingerprint density at radius 3 is 1.74 bits per heavy atom. The average Bonchev–Trinajstić information content (AvgIpc) is 3.15. The van der Waals surface area contributed by atoms with Gasteiger partial charge >= 0.3 is 11.9 Å². The van der Waals surface area contributed by atoms with Crippen LogP contribution in [0.25, 0.3) is 0 Å². The number of nitrogens with zero attached hydrogens (tertiary/aromatic N) is 1. The van der Waals surface area contributed by atoms with Gasteiger partial charge in [0.1, 0.15) is 11.6 Å². The molecule has 0 aromatic carbocycles. The number of ether oxygens (including phenoxy) is 1. The molecule has 0 spiro atoms. The second kappa shape index (κ2) is 18.7. The Hall–Kier alpha value is -2.45. The van der Waals surface area contributed by atoms with E-state index in [0.717, 1.165) is 19.3 Å². The molecule has 38 heavy (non-hydrogen) atoms. The zero-order valence-corrected chi connectivity index (χ0v) is 24.1. The van der Waals surface area contributed by atoms with Crippen LogP contribution >= 0.6 is 0 Å². The predicted octanol–water partition coefficient (Wildman–Crippen LogP) is 5.68. The van der Waals surface area contributed by atoms with E-state index in [1.165, 1.54) is 64.2 Å². The van der Waals surface area contributed by atoms with Gasteiger partial charge in [0, 0.05) is 19.3 Å². The number of unbranched alkanes of at least 4 members (excludes halogenated alkanes) is 12. The molecule has 3 amide bonds. The summed E-state index contributed by atoms with van der Waals surface area (Å²) in [7, 11) is 0. The number of imide groups is 1. The first kappa shape index (κ1) is 33.6. The van der Waals surface area contributed by atoms with E-state index in [1.807, 2.05) is 0 Å². The number of carbonyl (C=O) groups is 5. The molecule has 1 rings (SSSR count).